The van der Waals surface area contributed by atoms with E-state index in [1.54, 1.807) is 6.92 Å². The van der Waals surface area contributed by atoms with Crippen molar-refractivity contribution in [2.24, 2.45) is 0 Å². The maximum Gasteiger partial charge on any atom is 0.160 e. The largest absolute Gasteiger partial charge is 0.317 e. The Morgan fingerprint density at radius 2 is 1.90 bits per heavy atom. The van der Waals surface area contributed by atoms with Crippen LogP contribution >= 0.6 is 0 Å². The summed E-state index contributed by atoms with van der Waals surface area (Å²) in [6.45, 7) is 9.43. The highest BCUT2D eigenvalue weighted by Gasteiger charge is 2.25. The average molecular weight is 402 g/mol. The van der Waals surface area contributed by atoms with Gasteiger partial charge in [0.05, 0.1) is 11.2 Å². The fraction of sp³-hybridized carbons (Fsp3) is 0.385. The zero-order valence-electron chi connectivity index (χ0n) is 18.2. The quantitative estimate of drug-likeness (QED) is 0.574. The third kappa shape index (κ3) is 4.16. The summed E-state index contributed by atoms with van der Waals surface area (Å²) in [4.78, 5) is 19.8. The highest BCUT2D eigenvalue weighted by Crippen LogP contribution is 2.30. The molecule has 4 nitrogen and oxygen atoms in total. The molecule has 3 aromatic rings. The van der Waals surface area contributed by atoms with E-state index < -0.39 is 0 Å². The zero-order valence-corrected chi connectivity index (χ0v) is 18.2. The molecule has 1 N–H and O–H groups in total. The first kappa shape index (κ1) is 20.7. The molecule has 1 atom stereocenters. The summed E-state index contributed by atoms with van der Waals surface area (Å²) >= 11 is 0. The number of nitrogens with zero attached hydrogens (tertiary/aromatic N) is 2. The highest BCUT2D eigenvalue weighted by molar-refractivity contribution is 6.07. The van der Waals surface area contributed by atoms with Crippen molar-refractivity contribution < 1.29 is 4.79 Å². The van der Waals surface area contributed by atoms with Crippen LogP contribution in [0.2, 0.25) is 0 Å². The van der Waals surface area contributed by atoms with Gasteiger partial charge in [-0.3, -0.25) is 9.69 Å². The molecule has 30 heavy (non-hydrogen) atoms. The van der Waals surface area contributed by atoms with E-state index in [1.165, 1.54) is 18.4 Å². The minimum atomic E-state index is 0.0717. The van der Waals surface area contributed by atoms with Crippen LogP contribution < -0.4 is 5.32 Å². The van der Waals surface area contributed by atoms with E-state index in [0.717, 1.165) is 47.4 Å². The Bertz CT molecular complexity index is 1040. The molecule has 0 radical (unpaired) electrons. The Hall–Kier alpha value is -2.56. The normalized spacial score (nSPS) is 16.1. The summed E-state index contributed by atoms with van der Waals surface area (Å²) in [7, 11) is 0. The molecule has 0 spiro atoms. The van der Waals surface area contributed by atoms with Crippen molar-refractivity contribution in [3.05, 3.63) is 65.7 Å². The zero-order chi connectivity index (χ0) is 21.1. The van der Waals surface area contributed by atoms with Crippen molar-refractivity contribution in [3.63, 3.8) is 0 Å². The van der Waals surface area contributed by atoms with Gasteiger partial charge in [0.1, 0.15) is 0 Å². The van der Waals surface area contributed by atoms with Gasteiger partial charge in [-0.15, -0.1) is 0 Å². The number of ketones is 1. The van der Waals surface area contributed by atoms with Crippen LogP contribution in [0.15, 0.2) is 54.6 Å². The second-order valence-corrected chi connectivity index (χ2v) is 8.24. The van der Waals surface area contributed by atoms with Crippen molar-refractivity contribution in [1.82, 2.24) is 15.2 Å². The number of benzene rings is 2. The van der Waals surface area contributed by atoms with Gasteiger partial charge in [-0.1, -0.05) is 43.3 Å². The third-order valence-corrected chi connectivity index (χ3v) is 6.40. The van der Waals surface area contributed by atoms with Crippen LogP contribution in [-0.2, 0) is 0 Å². The van der Waals surface area contributed by atoms with E-state index in [1.807, 2.05) is 30.3 Å². The summed E-state index contributed by atoms with van der Waals surface area (Å²) in [6.07, 6.45) is 2.40. The number of pyridine rings is 1. The maximum absolute atomic E-state index is 12.3. The SMILES string of the molecule is CCN(C1CCNCC1)C(C)c1cccc(-c2cc(C(C)=O)c3ccccc3n2)c1. The van der Waals surface area contributed by atoms with Gasteiger partial charge in [0.15, 0.2) is 5.78 Å². The Kier molecular flexibility index (Phi) is 6.26. The highest BCUT2D eigenvalue weighted by atomic mass is 16.1. The lowest BCUT2D eigenvalue weighted by Gasteiger charge is -2.38. The van der Waals surface area contributed by atoms with Crippen LogP contribution in [0, 0.1) is 0 Å². The summed E-state index contributed by atoms with van der Waals surface area (Å²) in [5, 5.41) is 4.39. The van der Waals surface area contributed by atoms with E-state index in [4.69, 9.17) is 4.98 Å². The minimum Gasteiger partial charge on any atom is -0.317 e. The summed E-state index contributed by atoms with van der Waals surface area (Å²) < 4.78 is 0. The topological polar surface area (TPSA) is 45.2 Å². The predicted octanol–water partition coefficient (Wildman–Crippen LogP) is 5.24. The first-order valence-electron chi connectivity index (χ1n) is 11.1. The van der Waals surface area contributed by atoms with Crippen LogP contribution in [0.3, 0.4) is 0 Å². The van der Waals surface area contributed by atoms with Crippen molar-refractivity contribution in [1.29, 1.82) is 0 Å². The number of para-hydroxylation sites is 1. The molecule has 1 aliphatic heterocycles. The van der Waals surface area contributed by atoms with E-state index >= 15 is 0 Å². The second-order valence-electron chi connectivity index (χ2n) is 8.24. The van der Waals surface area contributed by atoms with Crippen molar-refractivity contribution >= 4 is 16.7 Å². The number of aromatic nitrogens is 1. The van der Waals surface area contributed by atoms with E-state index in [-0.39, 0.29) is 5.78 Å². The molecule has 1 fully saturated rings. The third-order valence-electron chi connectivity index (χ3n) is 6.40. The number of rotatable bonds is 6. The number of hydrogen-bond donors (Lipinski definition) is 1. The molecular weight excluding hydrogens is 370 g/mol. The Balaban J connectivity index is 1.70. The van der Waals surface area contributed by atoms with Crippen LogP contribution in [0.5, 0.6) is 0 Å². The smallest absolute Gasteiger partial charge is 0.160 e. The molecule has 0 amide bonds. The molecule has 2 heterocycles. The van der Waals surface area contributed by atoms with Gasteiger partial charge in [0.25, 0.3) is 0 Å². The van der Waals surface area contributed by atoms with E-state index in [0.29, 0.717) is 12.1 Å². The minimum absolute atomic E-state index is 0.0717. The molecule has 2 aromatic carbocycles. The number of fused-ring (bicyclic) bond motifs is 1. The molecule has 4 rings (SSSR count). The van der Waals surface area contributed by atoms with Crippen LogP contribution in [0.1, 0.15) is 55.6 Å². The fourth-order valence-corrected chi connectivity index (χ4v) is 4.75. The summed E-state index contributed by atoms with van der Waals surface area (Å²) in [5.41, 5.74) is 4.82. The second kappa shape index (κ2) is 9.07. The first-order chi connectivity index (χ1) is 14.6. The Morgan fingerprint density at radius 3 is 2.63 bits per heavy atom. The van der Waals surface area contributed by atoms with Crippen LogP contribution in [0.4, 0.5) is 0 Å². The van der Waals surface area contributed by atoms with Crippen molar-refractivity contribution in [3.8, 4) is 11.3 Å². The number of Topliss-reactive ketones (excluding diaryl/α,β-unsaturated/α-hetero) is 1. The van der Waals surface area contributed by atoms with Gasteiger partial charge >= 0.3 is 0 Å². The molecule has 156 valence electrons. The first-order valence-corrected chi connectivity index (χ1v) is 11.1. The number of carbonyl (C=O) groups excluding carboxylic acids is 1. The van der Waals surface area contributed by atoms with Gasteiger partial charge in [0, 0.05) is 28.6 Å². The van der Waals surface area contributed by atoms with Gasteiger partial charge in [-0.05, 0) is 70.1 Å². The number of piperidine rings is 1. The molecule has 1 unspecified atom stereocenters. The molecule has 0 saturated carbocycles. The fourth-order valence-electron chi connectivity index (χ4n) is 4.75. The van der Waals surface area contributed by atoms with Crippen LogP contribution in [0.25, 0.3) is 22.2 Å². The molecule has 4 heteroatoms. The average Bonchev–Trinajstić information content (AvgIpc) is 2.79. The molecule has 1 saturated heterocycles. The number of carbonyl (C=O) groups is 1. The van der Waals surface area contributed by atoms with E-state index in [9.17, 15) is 4.79 Å². The Labute approximate surface area is 179 Å². The van der Waals surface area contributed by atoms with Gasteiger partial charge in [-0.25, -0.2) is 4.98 Å². The maximum atomic E-state index is 12.3. The molecule has 0 bridgehead atoms. The standard InChI is InChI=1S/C26H31N3O/c1-4-29(22-12-14-27-15-13-22)18(2)20-8-7-9-21(16-20)26-17-24(19(3)30)23-10-5-6-11-25(23)28-26/h5-11,16-18,22,27H,4,12-15H2,1-3H3. The van der Waals surface area contributed by atoms with Gasteiger partial charge in [-0.2, -0.15) is 0 Å². The summed E-state index contributed by atoms with van der Waals surface area (Å²) in [6, 6.07) is 19.5. The molecular formula is C26H31N3O. The van der Waals surface area contributed by atoms with Crippen molar-refractivity contribution in [2.75, 3.05) is 19.6 Å². The predicted molar refractivity (Wildman–Crippen MR) is 124 cm³/mol. The summed E-state index contributed by atoms with van der Waals surface area (Å²) in [5.74, 6) is 0.0717. The lowest BCUT2D eigenvalue weighted by atomic mass is 9.96. The van der Waals surface area contributed by atoms with Gasteiger partial charge in [0.2, 0.25) is 0 Å². The van der Waals surface area contributed by atoms with Crippen molar-refractivity contribution in [2.45, 2.75) is 45.7 Å². The monoisotopic (exact) mass is 401 g/mol. The number of nitrogens with one attached hydrogen (secondary N) is 1. The lowest BCUT2D eigenvalue weighted by Crippen LogP contribution is -2.44. The van der Waals surface area contributed by atoms with Gasteiger partial charge < -0.3 is 5.32 Å². The van der Waals surface area contributed by atoms with E-state index in [2.05, 4.69) is 48.3 Å². The molecule has 1 aliphatic rings. The lowest BCUT2D eigenvalue weighted by molar-refractivity contribution is 0.101. The molecule has 1 aromatic heterocycles. The molecule has 0 aliphatic carbocycles. The Morgan fingerprint density at radius 1 is 1.13 bits per heavy atom. The van der Waals surface area contributed by atoms with Crippen LogP contribution in [-0.4, -0.2) is 41.3 Å². The number of hydrogen-bond acceptors (Lipinski definition) is 4.